The summed E-state index contributed by atoms with van der Waals surface area (Å²) in [7, 11) is -4.65. The van der Waals surface area contributed by atoms with Crippen LogP contribution in [-0.2, 0) is 20.9 Å². The summed E-state index contributed by atoms with van der Waals surface area (Å²) in [6.45, 7) is 15.9. The largest absolute Gasteiger partial charge is 0.506 e. The fourth-order valence-electron chi connectivity index (χ4n) is 6.82. The summed E-state index contributed by atoms with van der Waals surface area (Å²) in [6, 6.07) is 23.7. The van der Waals surface area contributed by atoms with Crippen LogP contribution >= 0.6 is 23.2 Å². The number of nitrogens with zero attached hydrogens (tertiary/aromatic N) is 3. The van der Waals surface area contributed by atoms with Gasteiger partial charge in [-0.25, -0.2) is 4.68 Å². The first-order valence-corrected chi connectivity index (χ1v) is 22.7. The molecule has 0 radical (unpaired) electrons. The second kappa shape index (κ2) is 19.0. The topological polar surface area (TPSA) is 185 Å². The smallest absolute Gasteiger partial charge is 0.299 e. The Morgan fingerprint density at radius 3 is 2.21 bits per heavy atom. The van der Waals surface area contributed by atoms with Crippen LogP contribution in [0.2, 0.25) is 10.0 Å². The van der Waals surface area contributed by atoms with Crippen LogP contribution in [0.3, 0.4) is 0 Å². The van der Waals surface area contributed by atoms with Gasteiger partial charge in [0.25, 0.3) is 21.6 Å². The molecule has 0 spiro atoms. The van der Waals surface area contributed by atoms with Gasteiger partial charge >= 0.3 is 0 Å². The highest BCUT2D eigenvalue weighted by atomic mass is 35.5. The molecule has 1 aromatic heterocycles. The number of phenolic OH excluding ortho intramolecular Hbond substituents is 1. The molecule has 0 aliphatic carbocycles. The summed E-state index contributed by atoms with van der Waals surface area (Å²) in [4.78, 5) is 26.2. The Morgan fingerprint density at radius 1 is 0.857 bits per heavy atom. The van der Waals surface area contributed by atoms with E-state index in [0.29, 0.717) is 59.6 Å². The van der Waals surface area contributed by atoms with Crippen molar-refractivity contribution >= 4 is 61.4 Å². The van der Waals surface area contributed by atoms with E-state index >= 15 is 0 Å². The molecule has 0 atom stereocenters. The van der Waals surface area contributed by atoms with Gasteiger partial charge in [-0.1, -0.05) is 101 Å². The number of aryl methyl sites for hydroxylation is 1. The number of nitrogens with one attached hydrogen (secondary N) is 2. The summed E-state index contributed by atoms with van der Waals surface area (Å²) >= 11 is 12.3. The van der Waals surface area contributed by atoms with Gasteiger partial charge in [0.2, 0.25) is 0 Å². The monoisotopic (exact) mass is 915 g/mol. The highest BCUT2D eigenvalue weighted by molar-refractivity contribution is 7.86. The van der Waals surface area contributed by atoms with Gasteiger partial charge in [-0.15, -0.1) is 5.11 Å². The molecule has 6 aromatic rings. The summed E-state index contributed by atoms with van der Waals surface area (Å²) < 4.78 is 46.3. The number of hydrogen-bond acceptors (Lipinski definition) is 9. The minimum Gasteiger partial charge on any atom is -0.506 e. The summed E-state index contributed by atoms with van der Waals surface area (Å²) in [6.07, 6.45) is 3.38. The summed E-state index contributed by atoms with van der Waals surface area (Å²) in [5.74, 6) is 1.04. The van der Waals surface area contributed by atoms with E-state index in [0.717, 1.165) is 35.4 Å². The van der Waals surface area contributed by atoms with Crippen LogP contribution in [0.5, 0.6) is 23.0 Å². The van der Waals surface area contributed by atoms with Crippen molar-refractivity contribution in [1.29, 1.82) is 0 Å². The molecule has 0 aliphatic heterocycles. The standard InChI is InChI=1S/C47H51Cl2N5O8S/c1-8-46(4,5)29-16-21-39(35(24-29)47(6,7)9-2)61-23-13-12-22-50-44(56)34-25-40(32-14-10-11-15-33(32)43(34)55)62-31-19-17-30(18-20-31)51-52-42-28(3)53-54(45(42)57)38-26-37(49)41(27-36(38)48)63(58,59)60/h10-11,14-21,24-27,53,55H,8-9,12-13,22-23H2,1-7H3,(H,50,56)(H,58,59,60). The summed E-state index contributed by atoms with van der Waals surface area (Å²) in [5.41, 5.74) is 2.65. The van der Waals surface area contributed by atoms with Crippen molar-refractivity contribution in [3.63, 3.8) is 0 Å². The van der Waals surface area contributed by atoms with Gasteiger partial charge in [-0.05, 0) is 97.5 Å². The lowest BCUT2D eigenvalue weighted by Gasteiger charge is -2.30. The van der Waals surface area contributed by atoms with Gasteiger partial charge in [-0.3, -0.25) is 19.2 Å². The van der Waals surface area contributed by atoms with Crippen molar-refractivity contribution in [2.75, 3.05) is 13.2 Å². The first-order chi connectivity index (χ1) is 29.7. The van der Waals surface area contributed by atoms with Crippen molar-refractivity contribution in [3.8, 4) is 28.7 Å². The van der Waals surface area contributed by atoms with E-state index in [2.05, 4.69) is 80.4 Å². The maximum atomic E-state index is 13.5. The number of benzene rings is 5. The molecule has 63 heavy (non-hydrogen) atoms. The second-order valence-corrected chi connectivity index (χ2v) is 18.7. The molecule has 13 nitrogen and oxygen atoms in total. The number of carbonyl (C=O) groups excluding carboxylic acids is 1. The van der Waals surface area contributed by atoms with Crippen LogP contribution in [0.4, 0.5) is 11.4 Å². The predicted octanol–water partition coefficient (Wildman–Crippen LogP) is 12.1. The Kier molecular flexibility index (Phi) is 14.1. The molecule has 1 heterocycles. The van der Waals surface area contributed by atoms with Crippen LogP contribution < -0.4 is 20.3 Å². The molecule has 332 valence electrons. The SMILES string of the molecule is CCC(C)(C)c1ccc(OCCCCNC(=O)c2cc(Oc3ccc(N=Nc4c(C)[nH]n(-c5cc(Cl)c(S(=O)(=O)O)cc5Cl)c4=O)cc3)c3ccccc3c2O)c(C(C)(C)CC)c1. The van der Waals surface area contributed by atoms with E-state index in [9.17, 15) is 27.7 Å². The first kappa shape index (κ1) is 46.8. The molecule has 0 aliphatic rings. The maximum absolute atomic E-state index is 13.5. The van der Waals surface area contributed by atoms with Crippen molar-refractivity contribution in [3.05, 3.63) is 128 Å². The fraction of sp³-hybridized carbons (Fsp3) is 0.319. The lowest BCUT2D eigenvalue weighted by atomic mass is 9.76. The number of aromatic amines is 1. The Bertz CT molecular complexity index is 2870. The molecule has 0 saturated heterocycles. The molecular formula is C47H51Cl2N5O8S. The van der Waals surface area contributed by atoms with E-state index in [1.54, 1.807) is 55.5 Å². The van der Waals surface area contributed by atoms with Crippen molar-refractivity contribution in [2.24, 2.45) is 10.2 Å². The number of fused-ring (bicyclic) bond motifs is 1. The Labute approximate surface area is 376 Å². The third-order valence-corrected chi connectivity index (χ3v) is 13.1. The Hall–Kier alpha value is -5.67. The van der Waals surface area contributed by atoms with Gasteiger partial charge in [0.05, 0.1) is 39.3 Å². The van der Waals surface area contributed by atoms with E-state index < -0.39 is 26.5 Å². The normalized spacial score (nSPS) is 12.3. The van der Waals surface area contributed by atoms with Crippen LogP contribution in [0, 0.1) is 6.92 Å². The number of rotatable bonds is 17. The zero-order chi connectivity index (χ0) is 45.9. The number of phenols is 1. The number of aromatic nitrogens is 2. The third-order valence-electron chi connectivity index (χ3n) is 11.5. The van der Waals surface area contributed by atoms with Crippen LogP contribution in [0.15, 0.2) is 105 Å². The Morgan fingerprint density at radius 2 is 1.54 bits per heavy atom. The van der Waals surface area contributed by atoms with Gasteiger partial charge < -0.3 is 19.9 Å². The lowest BCUT2D eigenvalue weighted by molar-refractivity contribution is 0.0949. The molecule has 0 unspecified atom stereocenters. The van der Waals surface area contributed by atoms with Crippen LogP contribution in [-0.4, -0.2) is 46.9 Å². The predicted molar refractivity (Wildman–Crippen MR) is 247 cm³/mol. The van der Waals surface area contributed by atoms with Crippen LogP contribution in [0.1, 0.15) is 94.4 Å². The molecule has 4 N–H and O–H groups in total. The molecule has 0 saturated carbocycles. The number of amides is 1. The zero-order valence-corrected chi connectivity index (χ0v) is 38.5. The first-order valence-electron chi connectivity index (χ1n) is 20.5. The number of H-pyrrole nitrogens is 1. The number of unbranched alkanes of at least 4 members (excludes halogenated alkanes) is 1. The van der Waals surface area contributed by atoms with E-state index in [1.165, 1.54) is 17.2 Å². The Balaban J connectivity index is 1.11. The second-order valence-electron chi connectivity index (χ2n) is 16.5. The third kappa shape index (κ3) is 10.4. The van der Waals surface area contributed by atoms with Gasteiger partial charge in [0.1, 0.15) is 27.9 Å². The fourth-order valence-corrected chi connectivity index (χ4v) is 8.15. The average Bonchev–Trinajstić information content (AvgIpc) is 3.54. The zero-order valence-electron chi connectivity index (χ0n) is 36.2. The number of ether oxygens (including phenoxy) is 2. The minimum atomic E-state index is -4.65. The average molecular weight is 917 g/mol. The number of aromatic hydroxyl groups is 1. The highest BCUT2D eigenvalue weighted by Crippen LogP contribution is 2.40. The minimum absolute atomic E-state index is 0.0345. The molecule has 16 heteroatoms. The highest BCUT2D eigenvalue weighted by Gasteiger charge is 2.27. The molecule has 6 rings (SSSR count). The lowest BCUT2D eigenvalue weighted by Crippen LogP contribution is -2.25. The van der Waals surface area contributed by atoms with Crippen LogP contribution in [0.25, 0.3) is 16.5 Å². The van der Waals surface area contributed by atoms with Gasteiger partial charge in [-0.2, -0.15) is 13.5 Å². The summed E-state index contributed by atoms with van der Waals surface area (Å²) in [5, 5.41) is 25.8. The molecule has 1 amide bonds. The van der Waals surface area contributed by atoms with Crippen molar-refractivity contribution < 1.29 is 32.3 Å². The quantitative estimate of drug-likeness (QED) is 0.0395. The van der Waals surface area contributed by atoms with Gasteiger partial charge in [0, 0.05) is 22.9 Å². The maximum Gasteiger partial charge on any atom is 0.299 e. The molecule has 5 aromatic carbocycles. The van der Waals surface area contributed by atoms with E-state index in [4.69, 9.17) is 32.7 Å². The molecule has 0 fully saturated rings. The van der Waals surface area contributed by atoms with E-state index in [-0.39, 0.29) is 43.6 Å². The molecular weight excluding hydrogens is 866 g/mol. The number of hydrogen-bond donors (Lipinski definition) is 4. The molecule has 0 bridgehead atoms. The van der Waals surface area contributed by atoms with E-state index in [1.807, 2.05) is 0 Å². The van der Waals surface area contributed by atoms with Crippen molar-refractivity contribution in [1.82, 2.24) is 15.1 Å². The number of carbonyl (C=O) groups is 1. The van der Waals surface area contributed by atoms with Gasteiger partial charge in [0.15, 0.2) is 5.69 Å². The van der Waals surface area contributed by atoms with Crippen molar-refractivity contribution in [2.45, 2.75) is 89.9 Å². The number of azo groups is 1. The number of halogens is 2.